The van der Waals surface area contributed by atoms with Crippen LogP contribution in [0.15, 0.2) is 12.1 Å². The highest BCUT2D eigenvalue weighted by atomic mass is 35.5. The number of aliphatic hydroxyl groups excluding tert-OH is 1. The molecule has 1 heterocycles. The predicted molar refractivity (Wildman–Crippen MR) is 64.3 cm³/mol. The summed E-state index contributed by atoms with van der Waals surface area (Å²) in [7, 11) is 1.82. The molecule has 0 saturated heterocycles. The zero-order valence-corrected chi connectivity index (χ0v) is 10.0. The Hall–Kier alpha value is -0.770. The van der Waals surface area contributed by atoms with Gasteiger partial charge in [0.2, 0.25) is 0 Å². The first-order valence-corrected chi connectivity index (χ1v) is 5.85. The molecule has 16 heavy (non-hydrogen) atoms. The molecule has 2 N–H and O–H groups in total. The molecule has 0 spiro atoms. The molecule has 0 bridgehead atoms. The van der Waals surface area contributed by atoms with Crippen molar-refractivity contribution in [2.45, 2.75) is 18.9 Å². The number of rotatable bonds is 4. The SMILES string of the molecule is CNCC(O)Cc1cc(Cl)cc2c1OCC2. The van der Waals surface area contributed by atoms with Crippen LogP contribution in [0.4, 0.5) is 0 Å². The molecule has 0 saturated carbocycles. The lowest BCUT2D eigenvalue weighted by atomic mass is 10.0. The monoisotopic (exact) mass is 241 g/mol. The summed E-state index contributed by atoms with van der Waals surface area (Å²) in [5.41, 5.74) is 2.15. The van der Waals surface area contributed by atoms with Crippen LogP contribution in [0.3, 0.4) is 0 Å². The average molecular weight is 242 g/mol. The molecule has 1 atom stereocenters. The van der Waals surface area contributed by atoms with E-state index in [1.54, 1.807) is 0 Å². The van der Waals surface area contributed by atoms with E-state index in [2.05, 4.69) is 5.32 Å². The molecule has 1 aliphatic heterocycles. The second kappa shape index (κ2) is 5.04. The lowest BCUT2D eigenvalue weighted by Gasteiger charge is -2.13. The standard InChI is InChI=1S/C12H16ClNO2/c1-14-7-11(15)6-9-5-10(13)4-8-2-3-16-12(8)9/h4-5,11,14-15H,2-3,6-7H2,1H3. The molecule has 1 aliphatic rings. The first-order chi connectivity index (χ1) is 7.70. The summed E-state index contributed by atoms with van der Waals surface area (Å²) >= 11 is 6.04. The number of fused-ring (bicyclic) bond motifs is 1. The van der Waals surface area contributed by atoms with Gasteiger partial charge in [0, 0.05) is 24.4 Å². The smallest absolute Gasteiger partial charge is 0.126 e. The van der Waals surface area contributed by atoms with Crippen LogP contribution in [-0.2, 0) is 12.8 Å². The van der Waals surface area contributed by atoms with Crippen molar-refractivity contribution in [2.75, 3.05) is 20.2 Å². The molecule has 1 unspecified atom stereocenters. The van der Waals surface area contributed by atoms with E-state index in [-0.39, 0.29) is 0 Å². The Bertz CT molecular complexity index is 382. The van der Waals surface area contributed by atoms with Gasteiger partial charge in [-0.2, -0.15) is 0 Å². The maximum Gasteiger partial charge on any atom is 0.126 e. The third-order valence-electron chi connectivity index (χ3n) is 2.72. The van der Waals surface area contributed by atoms with E-state index in [1.807, 2.05) is 19.2 Å². The molecule has 0 aromatic heterocycles. The van der Waals surface area contributed by atoms with Crippen LogP contribution in [0, 0.1) is 0 Å². The molecular weight excluding hydrogens is 226 g/mol. The number of halogens is 1. The van der Waals surface area contributed by atoms with Crippen LogP contribution < -0.4 is 10.1 Å². The summed E-state index contributed by atoms with van der Waals surface area (Å²) in [6.45, 7) is 1.28. The van der Waals surface area contributed by atoms with Crippen LogP contribution in [0.25, 0.3) is 0 Å². The van der Waals surface area contributed by atoms with Gasteiger partial charge < -0.3 is 15.2 Å². The summed E-state index contributed by atoms with van der Waals surface area (Å²) < 4.78 is 5.57. The van der Waals surface area contributed by atoms with E-state index < -0.39 is 6.10 Å². The minimum absolute atomic E-state index is 0.406. The van der Waals surface area contributed by atoms with Crippen LogP contribution >= 0.6 is 11.6 Å². The minimum Gasteiger partial charge on any atom is -0.493 e. The van der Waals surface area contributed by atoms with Gasteiger partial charge in [-0.15, -0.1) is 0 Å². The van der Waals surface area contributed by atoms with Crippen LogP contribution in [0.1, 0.15) is 11.1 Å². The van der Waals surface area contributed by atoms with Gasteiger partial charge in [-0.05, 0) is 30.3 Å². The van der Waals surface area contributed by atoms with Crippen molar-refractivity contribution >= 4 is 11.6 Å². The molecule has 1 aromatic rings. The van der Waals surface area contributed by atoms with Gasteiger partial charge in [0.25, 0.3) is 0 Å². The maximum absolute atomic E-state index is 9.76. The Kier molecular flexibility index (Phi) is 3.69. The van der Waals surface area contributed by atoms with Gasteiger partial charge in [-0.3, -0.25) is 0 Å². The molecule has 88 valence electrons. The topological polar surface area (TPSA) is 41.5 Å². The number of aliphatic hydroxyl groups is 1. The van der Waals surface area contributed by atoms with Gasteiger partial charge in [0.05, 0.1) is 12.7 Å². The summed E-state index contributed by atoms with van der Waals surface area (Å²) in [6, 6.07) is 3.82. The van der Waals surface area contributed by atoms with Crippen molar-refractivity contribution in [1.29, 1.82) is 0 Å². The second-order valence-electron chi connectivity index (χ2n) is 4.07. The summed E-state index contributed by atoms with van der Waals surface area (Å²) in [4.78, 5) is 0. The van der Waals surface area contributed by atoms with Crippen molar-refractivity contribution < 1.29 is 9.84 Å². The molecular formula is C12H16ClNO2. The van der Waals surface area contributed by atoms with E-state index in [0.717, 1.165) is 28.3 Å². The molecule has 0 radical (unpaired) electrons. The highest BCUT2D eigenvalue weighted by Gasteiger charge is 2.19. The molecule has 3 nitrogen and oxygen atoms in total. The lowest BCUT2D eigenvalue weighted by molar-refractivity contribution is 0.173. The number of hydrogen-bond acceptors (Lipinski definition) is 3. The van der Waals surface area contributed by atoms with Gasteiger partial charge >= 0.3 is 0 Å². The number of ether oxygens (including phenoxy) is 1. The molecule has 0 aliphatic carbocycles. The van der Waals surface area contributed by atoms with E-state index in [1.165, 1.54) is 0 Å². The number of benzene rings is 1. The van der Waals surface area contributed by atoms with E-state index >= 15 is 0 Å². The average Bonchev–Trinajstić information content (AvgIpc) is 2.65. The third kappa shape index (κ3) is 2.48. The van der Waals surface area contributed by atoms with Crippen molar-refractivity contribution in [2.24, 2.45) is 0 Å². The molecule has 2 rings (SSSR count). The highest BCUT2D eigenvalue weighted by Crippen LogP contribution is 2.33. The minimum atomic E-state index is -0.406. The van der Waals surface area contributed by atoms with Crippen LogP contribution in [0.5, 0.6) is 5.75 Å². The van der Waals surface area contributed by atoms with Crippen molar-refractivity contribution in [1.82, 2.24) is 5.32 Å². The van der Waals surface area contributed by atoms with Crippen molar-refractivity contribution in [3.05, 3.63) is 28.3 Å². The maximum atomic E-state index is 9.76. The van der Waals surface area contributed by atoms with Gasteiger partial charge in [-0.25, -0.2) is 0 Å². The molecule has 0 fully saturated rings. The number of nitrogens with one attached hydrogen (secondary N) is 1. The summed E-state index contributed by atoms with van der Waals surface area (Å²) in [5.74, 6) is 0.916. The van der Waals surface area contributed by atoms with Crippen molar-refractivity contribution in [3.63, 3.8) is 0 Å². The second-order valence-corrected chi connectivity index (χ2v) is 4.50. The van der Waals surface area contributed by atoms with Crippen molar-refractivity contribution in [3.8, 4) is 5.75 Å². The first-order valence-electron chi connectivity index (χ1n) is 5.47. The van der Waals surface area contributed by atoms with Gasteiger partial charge in [0.1, 0.15) is 5.75 Å². The fourth-order valence-electron chi connectivity index (χ4n) is 2.06. The molecule has 4 heteroatoms. The lowest BCUT2D eigenvalue weighted by Crippen LogP contribution is -2.25. The van der Waals surface area contributed by atoms with Gasteiger partial charge in [-0.1, -0.05) is 11.6 Å². The third-order valence-corrected chi connectivity index (χ3v) is 2.94. The first kappa shape index (κ1) is 11.7. The van der Waals surface area contributed by atoms with Gasteiger partial charge in [0.15, 0.2) is 0 Å². The van der Waals surface area contributed by atoms with E-state index in [4.69, 9.17) is 16.3 Å². The molecule has 1 aromatic carbocycles. The Labute approximate surface area is 100 Å². The predicted octanol–water partition coefficient (Wildman–Crippen LogP) is 1.40. The van der Waals surface area contributed by atoms with E-state index in [9.17, 15) is 5.11 Å². The fraction of sp³-hybridized carbons (Fsp3) is 0.500. The fourth-order valence-corrected chi connectivity index (χ4v) is 2.32. The van der Waals surface area contributed by atoms with Crippen LogP contribution in [-0.4, -0.2) is 31.4 Å². The largest absolute Gasteiger partial charge is 0.493 e. The Morgan fingerprint density at radius 3 is 3.12 bits per heavy atom. The summed E-state index contributed by atoms with van der Waals surface area (Å²) in [6.07, 6.45) is 1.08. The molecule has 0 amide bonds. The number of hydrogen-bond donors (Lipinski definition) is 2. The quantitative estimate of drug-likeness (QED) is 0.837. The van der Waals surface area contributed by atoms with E-state index in [0.29, 0.717) is 19.6 Å². The Balaban J connectivity index is 2.20. The summed E-state index contributed by atoms with van der Waals surface area (Å²) in [5, 5.41) is 13.4. The normalized spacial score (nSPS) is 15.7. The Morgan fingerprint density at radius 1 is 1.56 bits per heavy atom. The highest BCUT2D eigenvalue weighted by molar-refractivity contribution is 6.30. The number of likely N-dealkylation sites (N-methyl/N-ethyl adjacent to an activating group) is 1. The zero-order chi connectivity index (χ0) is 11.5. The van der Waals surface area contributed by atoms with Crippen LogP contribution in [0.2, 0.25) is 5.02 Å². The zero-order valence-electron chi connectivity index (χ0n) is 9.29. The Morgan fingerprint density at radius 2 is 2.38 bits per heavy atom.